The summed E-state index contributed by atoms with van der Waals surface area (Å²) < 4.78 is 0. The second kappa shape index (κ2) is 4.14. The minimum Gasteiger partial charge on any atom is -0.367 e. The Labute approximate surface area is 94.5 Å². The van der Waals surface area contributed by atoms with Crippen LogP contribution in [0.15, 0.2) is 24.5 Å². The molecule has 1 fully saturated rings. The average molecular weight is 216 g/mol. The Morgan fingerprint density at radius 2 is 2.38 bits per heavy atom. The molecule has 1 aliphatic heterocycles. The van der Waals surface area contributed by atoms with Gasteiger partial charge in [-0.05, 0) is 31.5 Å². The van der Waals surface area contributed by atoms with Crippen LogP contribution in [0.4, 0.5) is 0 Å². The predicted octanol–water partition coefficient (Wildman–Crippen LogP) is 1.87. The van der Waals surface area contributed by atoms with Crippen LogP contribution in [0.25, 0.3) is 11.3 Å². The van der Waals surface area contributed by atoms with Crippen LogP contribution in [0.1, 0.15) is 24.5 Å². The zero-order valence-corrected chi connectivity index (χ0v) is 9.16. The van der Waals surface area contributed by atoms with Crippen molar-refractivity contribution in [1.29, 1.82) is 0 Å². The van der Waals surface area contributed by atoms with Gasteiger partial charge >= 0.3 is 0 Å². The van der Waals surface area contributed by atoms with Crippen LogP contribution in [0.2, 0.25) is 0 Å². The Balaban J connectivity index is 1.82. The highest BCUT2D eigenvalue weighted by Crippen LogP contribution is 2.25. The Hall–Kier alpha value is -1.55. The lowest BCUT2D eigenvalue weighted by Gasteiger charge is -2.21. The van der Waals surface area contributed by atoms with Crippen molar-refractivity contribution in [3.05, 3.63) is 30.2 Å². The minimum atomic E-state index is 0.592. The first kappa shape index (κ1) is 9.66. The first-order valence-electron chi connectivity index (χ1n) is 5.82. The maximum Gasteiger partial charge on any atom is 0.0938 e. The van der Waals surface area contributed by atoms with Crippen LogP contribution >= 0.6 is 0 Å². The number of aromatic amines is 2. The normalized spacial score (nSPS) is 21.1. The van der Waals surface area contributed by atoms with E-state index in [4.69, 9.17) is 0 Å². The van der Waals surface area contributed by atoms with Gasteiger partial charge in [0.1, 0.15) is 0 Å². The highest BCUT2D eigenvalue weighted by Gasteiger charge is 2.17. The van der Waals surface area contributed by atoms with Gasteiger partial charge in [0.25, 0.3) is 0 Å². The number of piperidine rings is 1. The fraction of sp³-hybridized carbons (Fsp3) is 0.417. The van der Waals surface area contributed by atoms with E-state index in [1.54, 1.807) is 0 Å². The predicted molar refractivity (Wildman–Crippen MR) is 63.2 cm³/mol. The highest BCUT2D eigenvalue weighted by atomic mass is 15.1. The van der Waals surface area contributed by atoms with E-state index in [9.17, 15) is 0 Å². The Morgan fingerprint density at radius 3 is 3.12 bits per heavy atom. The summed E-state index contributed by atoms with van der Waals surface area (Å²) >= 11 is 0. The summed E-state index contributed by atoms with van der Waals surface area (Å²) in [5.74, 6) is 0.592. The first-order valence-corrected chi connectivity index (χ1v) is 5.82. The second-order valence-corrected chi connectivity index (χ2v) is 4.35. The zero-order chi connectivity index (χ0) is 10.8. The molecule has 1 unspecified atom stereocenters. The SMILES string of the molecule is c1cc(-c2cc(C3CCCNC3)[nH]n2)c[nH]1. The van der Waals surface area contributed by atoms with Crippen molar-refractivity contribution >= 4 is 0 Å². The van der Waals surface area contributed by atoms with Crippen molar-refractivity contribution in [2.24, 2.45) is 0 Å². The molecule has 4 heteroatoms. The van der Waals surface area contributed by atoms with E-state index in [1.165, 1.54) is 18.5 Å². The molecule has 3 rings (SSSR count). The van der Waals surface area contributed by atoms with Crippen molar-refractivity contribution in [3.8, 4) is 11.3 Å². The number of hydrogen-bond acceptors (Lipinski definition) is 2. The highest BCUT2D eigenvalue weighted by molar-refractivity contribution is 5.58. The van der Waals surface area contributed by atoms with Crippen LogP contribution in [-0.4, -0.2) is 28.3 Å². The fourth-order valence-electron chi connectivity index (χ4n) is 2.29. The van der Waals surface area contributed by atoms with Crippen molar-refractivity contribution in [2.75, 3.05) is 13.1 Å². The number of hydrogen-bond donors (Lipinski definition) is 3. The van der Waals surface area contributed by atoms with E-state index in [1.807, 2.05) is 18.5 Å². The Morgan fingerprint density at radius 1 is 1.38 bits per heavy atom. The van der Waals surface area contributed by atoms with Gasteiger partial charge < -0.3 is 10.3 Å². The average Bonchev–Trinajstić information content (AvgIpc) is 3.01. The maximum absolute atomic E-state index is 4.36. The molecule has 0 spiro atoms. The first-order chi connectivity index (χ1) is 7.93. The van der Waals surface area contributed by atoms with Crippen molar-refractivity contribution in [1.82, 2.24) is 20.5 Å². The van der Waals surface area contributed by atoms with Gasteiger partial charge in [-0.2, -0.15) is 5.10 Å². The van der Waals surface area contributed by atoms with E-state index in [0.29, 0.717) is 5.92 Å². The molecule has 0 amide bonds. The molecule has 2 aromatic rings. The van der Waals surface area contributed by atoms with Gasteiger partial charge in [-0.25, -0.2) is 0 Å². The van der Waals surface area contributed by atoms with Crippen LogP contribution in [0.3, 0.4) is 0 Å². The molecule has 1 saturated heterocycles. The molecule has 4 nitrogen and oxygen atoms in total. The number of H-pyrrole nitrogens is 2. The van der Waals surface area contributed by atoms with Crippen LogP contribution < -0.4 is 5.32 Å². The van der Waals surface area contributed by atoms with Crippen molar-refractivity contribution < 1.29 is 0 Å². The standard InChI is InChI=1S/C12H16N4/c1-2-9(7-13-4-1)11-6-12(16-15-11)10-3-5-14-8-10/h3,5-6,8-9,13-14H,1-2,4,7H2,(H,15,16). The second-order valence-electron chi connectivity index (χ2n) is 4.35. The summed E-state index contributed by atoms with van der Waals surface area (Å²) in [6, 6.07) is 4.21. The van der Waals surface area contributed by atoms with E-state index in [2.05, 4.69) is 26.6 Å². The van der Waals surface area contributed by atoms with Gasteiger partial charge in [0, 0.05) is 36.1 Å². The topological polar surface area (TPSA) is 56.5 Å². The fourth-order valence-corrected chi connectivity index (χ4v) is 2.29. The molecule has 3 heterocycles. The summed E-state index contributed by atoms with van der Waals surface area (Å²) in [6.07, 6.45) is 6.40. The lowest BCUT2D eigenvalue weighted by molar-refractivity contribution is 0.454. The summed E-state index contributed by atoms with van der Waals surface area (Å²) in [5, 5.41) is 10.9. The largest absolute Gasteiger partial charge is 0.367 e. The molecule has 0 saturated carbocycles. The molecule has 3 N–H and O–H groups in total. The molecule has 0 aromatic carbocycles. The molecule has 1 aliphatic rings. The smallest absolute Gasteiger partial charge is 0.0938 e. The molecule has 2 aromatic heterocycles. The third-order valence-corrected chi connectivity index (χ3v) is 3.23. The Kier molecular flexibility index (Phi) is 2.50. The van der Waals surface area contributed by atoms with Gasteiger partial charge in [-0.3, -0.25) is 5.10 Å². The van der Waals surface area contributed by atoms with E-state index in [-0.39, 0.29) is 0 Å². The zero-order valence-electron chi connectivity index (χ0n) is 9.16. The number of nitrogens with one attached hydrogen (secondary N) is 3. The number of aromatic nitrogens is 3. The molecule has 84 valence electrons. The van der Waals surface area contributed by atoms with Crippen LogP contribution in [0.5, 0.6) is 0 Å². The van der Waals surface area contributed by atoms with Gasteiger partial charge in [-0.1, -0.05) is 0 Å². The molecular formula is C12H16N4. The van der Waals surface area contributed by atoms with Gasteiger partial charge in [0.15, 0.2) is 0 Å². The van der Waals surface area contributed by atoms with Gasteiger partial charge in [-0.15, -0.1) is 0 Å². The van der Waals surface area contributed by atoms with E-state index < -0.39 is 0 Å². The quantitative estimate of drug-likeness (QED) is 0.717. The summed E-state index contributed by atoms with van der Waals surface area (Å²) in [4.78, 5) is 3.05. The third kappa shape index (κ3) is 1.76. The molecule has 0 radical (unpaired) electrons. The van der Waals surface area contributed by atoms with Gasteiger partial charge in [0.2, 0.25) is 0 Å². The Bertz CT molecular complexity index is 437. The number of rotatable bonds is 2. The van der Waals surface area contributed by atoms with Gasteiger partial charge in [0.05, 0.1) is 5.69 Å². The summed E-state index contributed by atoms with van der Waals surface area (Å²) in [7, 11) is 0. The van der Waals surface area contributed by atoms with Crippen molar-refractivity contribution in [2.45, 2.75) is 18.8 Å². The molecular weight excluding hydrogens is 200 g/mol. The summed E-state index contributed by atoms with van der Waals surface area (Å²) in [6.45, 7) is 2.21. The van der Waals surface area contributed by atoms with E-state index in [0.717, 1.165) is 24.3 Å². The molecule has 16 heavy (non-hydrogen) atoms. The van der Waals surface area contributed by atoms with Crippen LogP contribution in [-0.2, 0) is 0 Å². The molecule has 1 atom stereocenters. The lowest BCUT2D eigenvalue weighted by Crippen LogP contribution is -2.28. The van der Waals surface area contributed by atoms with Crippen molar-refractivity contribution in [3.63, 3.8) is 0 Å². The number of nitrogens with zero attached hydrogens (tertiary/aromatic N) is 1. The molecule has 0 bridgehead atoms. The third-order valence-electron chi connectivity index (χ3n) is 3.23. The lowest BCUT2D eigenvalue weighted by atomic mass is 9.96. The minimum absolute atomic E-state index is 0.592. The maximum atomic E-state index is 4.36. The molecule has 0 aliphatic carbocycles. The monoisotopic (exact) mass is 216 g/mol. The van der Waals surface area contributed by atoms with Crippen LogP contribution in [0, 0.1) is 0 Å². The summed E-state index contributed by atoms with van der Waals surface area (Å²) in [5.41, 5.74) is 3.43. The van der Waals surface area contributed by atoms with E-state index >= 15 is 0 Å².